The first-order valence-electron chi connectivity index (χ1n) is 9.69. The van der Waals surface area contributed by atoms with E-state index in [1.165, 1.54) is 0 Å². The lowest BCUT2D eigenvalue weighted by atomic mass is 10.0. The van der Waals surface area contributed by atoms with E-state index in [0.717, 1.165) is 35.4 Å². The predicted octanol–water partition coefficient (Wildman–Crippen LogP) is 4.41. The fourth-order valence-corrected chi connectivity index (χ4v) is 3.97. The van der Waals surface area contributed by atoms with Crippen LogP contribution < -0.4 is 5.32 Å². The molecular weight excluding hydrogens is 390 g/mol. The number of piperidine rings is 1. The summed E-state index contributed by atoms with van der Waals surface area (Å²) in [6, 6.07) is 9.53. The molecule has 0 saturated carbocycles. The normalized spacial score (nSPS) is 15.1. The number of carbonyl (C=O) groups is 1. The minimum absolute atomic E-state index is 0.103. The maximum Gasteiger partial charge on any atom is 0.321 e. The van der Waals surface area contributed by atoms with Crippen LogP contribution in [-0.4, -0.2) is 45.7 Å². The number of rotatable bonds is 4. The number of aromatic nitrogens is 3. The second kappa shape index (κ2) is 8.39. The van der Waals surface area contributed by atoms with Crippen LogP contribution in [0.15, 0.2) is 36.5 Å². The van der Waals surface area contributed by atoms with E-state index in [1.807, 2.05) is 36.1 Å². The van der Waals surface area contributed by atoms with E-state index in [4.69, 9.17) is 16.3 Å². The fourth-order valence-electron chi connectivity index (χ4n) is 3.79. The van der Waals surface area contributed by atoms with Crippen molar-refractivity contribution in [2.45, 2.75) is 32.4 Å². The van der Waals surface area contributed by atoms with Gasteiger partial charge in [0.15, 0.2) is 5.65 Å². The summed E-state index contributed by atoms with van der Waals surface area (Å²) in [5, 5.41) is 3.59. The Hall–Kier alpha value is -2.64. The average molecular weight is 414 g/mol. The molecule has 0 unspecified atom stereocenters. The maximum absolute atomic E-state index is 12.7. The first-order chi connectivity index (χ1) is 14.1. The molecule has 2 aromatic heterocycles. The number of nitrogens with one attached hydrogen (secondary N) is 1. The molecule has 1 aliphatic rings. The Morgan fingerprint density at radius 1 is 1.31 bits per heavy atom. The lowest BCUT2D eigenvalue weighted by Gasteiger charge is -2.33. The zero-order valence-electron chi connectivity index (χ0n) is 16.6. The van der Waals surface area contributed by atoms with Gasteiger partial charge in [0.1, 0.15) is 17.9 Å². The third-order valence-corrected chi connectivity index (χ3v) is 5.74. The Kier molecular flexibility index (Phi) is 5.69. The Balaban J connectivity index is 1.45. The molecule has 152 valence electrons. The number of amides is 2. The van der Waals surface area contributed by atoms with Gasteiger partial charge in [0.2, 0.25) is 0 Å². The van der Waals surface area contributed by atoms with Gasteiger partial charge in [-0.05, 0) is 49.6 Å². The quantitative estimate of drug-likeness (QED) is 0.687. The number of nitrogens with zero attached hydrogens (tertiary/aromatic N) is 4. The average Bonchev–Trinajstić information content (AvgIpc) is 3.09. The number of benzene rings is 1. The second-order valence-corrected chi connectivity index (χ2v) is 7.70. The number of anilines is 1. The fraction of sp³-hybridized carbons (Fsp3) is 0.381. The molecule has 1 fully saturated rings. The highest BCUT2D eigenvalue weighted by Gasteiger charge is 2.27. The van der Waals surface area contributed by atoms with Crippen molar-refractivity contribution >= 4 is 34.5 Å². The molecular formula is C21H24ClN5O2. The SMILES string of the molecule is COCc1nc2cccnc2n1C1CCN(C(=O)Nc2ccc(C)c(Cl)c2)CC1. The Bertz CT molecular complexity index is 1030. The molecule has 8 heteroatoms. The molecule has 0 atom stereocenters. The predicted molar refractivity (Wildman–Crippen MR) is 113 cm³/mol. The summed E-state index contributed by atoms with van der Waals surface area (Å²) in [5.41, 5.74) is 3.44. The Morgan fingerprint density at radius 3 is 2.83 bits per heavy atom. The first-order valence-corrected chi connectivity index (χ1v) is 10.1. The highest BCUT2D eigenvalue weighted by Crippen LogP contribution is 2.29. The van der Waals surface area contributed by atoms with Gasteiger partial charge in [-0.25, -0.2) is 14.8 Å². The van der Waals surface area contributed by atoms with Crippen LogP contribution >= 0.6 is 11.6 Å². The summed E-state index contributed by atoms with van der Waals surface area (Å²) >= 11 is 6.16. The molecule has 0 bridgehead atoms. The summed E-state index contributed by atoms with van der Waals surface area (Å²) in [5.74, 6) is 0.874. The van der Waals surface area contributed by atoms with Crippen molar-refractivity contribution in [3.8, 4) is 0 Å². The van der Waals surface area contributed by atoms with Crippen molar-refractivity contribution in [2.24, 2.45) is 0 Å². The molecule has 1 aromatic carbocycles. The zero-order chi connectivity index (χ0) is 20.4. The van der Waals surface area contributed by atoms with Crippen molar-refractivity contribution in [2.75, 3.05) is 25.5 Å². The van der Waals surface area contributed by atoms with Crippen LogP contribution in [0, 0.1) is 6.92 Å². The molecule has 4 rings (SSSR count). The van der Waals surface area contributed by atoms with Gasteiger partial charge >= 0.3 is 6.03 Å². The summed E-state index contributed by atoms with van der Waals surface area (Å²) in [7, 11) is 1.67. The summed E-state index contributed by atoms with van der Waals surface area (Å²) < 4.78 is 7.51. The van der Waals surface area contributed by atoms with Crippen molar-refractivity contribution in [1.29, 1.82) is 0 Å². The van der Waals surface area contributed by atoms with Crippen LogP contribution in [0.1, 0.15) is 30.3 Å². The van der Waals surface area contributed by atoms with E-state index in [-0.39, 0.29) is 12.1 Å². The van der Waals surface area contributed by atoms with Gasteiger partial charge in [0, 0.05) is 43.1 Å². The Labute approximate surface area is 174 Å². The largest absolute Gasteiger partial charge is 0.377 e. The van der Waals surface area contributed by atoms with Crippen LogP contribution in [0.25, 0.3) is 11.2 Å². The van der Waals surface area contributed by atoms with Crippen LogP contribution in [-0.2, 0) is 11.3 Å². The van der Waals surface area contributed by atoms with Crippen molar-refractivity contribution in [3.63, 3.8) is 0 Å². The van der Waals surface area contributed by atoms with E-state index < -0.39 is 0 Å². The third kappa shape index (κ3) is 4.06. The van der Waals surface area contributed by atoms with Crippen LogP contribution in [0.5, 0.6) is 0 Å². The number of ether oxygens (including phenoxy) is 1. The van der Waals surface area contributed by atoms with Crippen LogP contribution in [0.4, 0.5) is 10.5 Å². The van der Waals surface area contributed by atoms with Gasteiger partial charge in [-0.1, -0.05) is 17.7 Å². The van der Waals surface area contributed by atoms with E-state index >= 15 is 0 Å². The van der Waals surface area contributed by atoms with E-state index in [0.29, 0.717) is 30.4 Å². The number of carbonyl (C=O) groups excluding carboxylic acids is 1. The molecule has 1 aliphatic heterocycles. The highest BCUT2D eigenvalue weighted by molar-refractivity contribution is 6.31. The standard InChI is InChI=1S/C21H24ClN5O2/c1-14-5-6-15(12-17(14)22)24-21(28)26-10-7-16(8-11-26)27-19(13-29-2)25-18-4-3-9-23-20(18)27/h3-6,9,12,16H,7-8,10-11,13H2,1-2H3,(H,24,28). The summed E-state index contributed by atoms with van der Waals surface area (Å²) in [6.45, 7) is 3.69. The smallest absolute Gasteiger partial charge is 0.321 e. The molecule has 2 amide bonds. The van der Waals surface area contributed by atoms with Crippen molar-refractivity contribution in [1.82, 2.24) is 19.4 Å². The van der Waals surface area contributed by atoms with Gasteiger partial charge in [-0.15, -0.1) is 0 Å². The molecule has 1 N–H and O–H groups in total. The van der Waals surface area contributed by atoms with Gasteiger partial charge in [-0.3, -0.25) is 0 Å². The molecule has 7 nitrogen and oxygen atoms in total. The highest BCUT2D eigenvalue weighted by atomic mass is 35.5. The third-order valence-electron chi connectivity index (χ3n) is 5.34. The van der Waals surface area contributed by atoms with Gasteiger partial charge in [-0.2, -0.15) is 0 Å². The van der Waals surface area contributed by atoms with Crippen molar-refractivity contribution < 1.29 is 9.53 Å². The van der Waals surface area contributed by atoms with E-state index in [9.17, 15) is 4.79 Å². The van der Waals surface area contributed by atoms with Gasteiger partial charge in [0.05, 0.1) is 0 Å². The molecule has 3 heterocycles. The zero-order valence-corrected chi connectivity index (χ0v) is 17.3. The number of methoxy groups -OCH3 is 1. The van der Waals surface area contributed by atoms with Crippen LogP contribution in [0.3, 0.4) is 0 Å². The second-order valence-electron chi connectivity index (χ2n) is 7.29. The monoisotopic (exact) mass is 413 g/mol. The molecule has 0 radical (unpaired) electrons. The lowest BCUT2D eigenvalue weighted by molar-refractivity contribution is 0.162. The number of aryl methyl sites for hydroxylation is 1. The minimum Gasteiger partial charge on any atom is -0.377 e. The topological polar surface area (TPSA) is 72.3 Å². The first kappa shape index (κ1) is 19.7. The molecule has 0 spiro atoms. The number of halogens is 1. The van der Waals surface area contributed by atoms with E-state index in [1.54, 1.807) is 19.4 Å². The Morgan fingerprint density at radius 2 is 2.10 bits per heavy atom. The van der Waals surface area contributed by atoms with E-state index in [2.05, 4.69) is 19.9 Å². The molecule has 0 aliphatic carbocycles. The van der Waals surface area contributed by atoms with Crippen LogP contribution in [0.2, 0.25) is 5.02 Å². The summed E-state index contributed by atoms with van der Waals surface area (Å²) in [4.78, 5) is 23.7. The minimum atomic E-state index is -0.103. The number of pyridine rings is 1. The van der Waals surface area contributed by atoms with Gasteiger partial charge in [0.25, 0.3) is 0 Å². The van der Waals surface area contributed by atoms with Crippen molar-refractivity contribution in [3.05, 3.63) is 52.9 Å². The molecule has 1 saturated heterocycles. The number of hydrogen-bond donors (Lipinski definition) is 1. The molecule has 3 aromatic rings. The number of likely N-dealkylation sites (tertiary alicyclic amines) is 1. The maximum atomic E-state index is 12.7. The number of hydrogen-bond acceptors (Lipinski definition) is 4. The lowest BCUT2D eigenvalue weighted by Crippen LogP contribution is -2.41. The summed E-state index contributed by atoms with van der Waals surface area (Å²) in [6.07, 6.45) is 3.45. The van der Waals surface area contributed by atoms with Gasteiger partial charge < -0.3 is 19.5 Å². The number of fused-ring (bicyclic) bond motifs is 1. The number of urea groups is 1. The molecule has 29 heavy (non-hydrogen) atoms. The number of imidazole rings is 1.